The molecule has 0 aromatic heterocycles. The Bertz CT molecular complexity index is 343. The average molecular weight is 291 g/mol. The van der Waals surface area contributed by atoms with Gasteiger partial charge in [0.25, 0.3) is 0 Å². The molecule has 2 nitrogen and oxygen atoms in total. The fraction of sp³-hybridized carbons (Fsp3) is 0.364. The smallest absolute Gasteiger partial charge is 0.224 e. The zero-order valence-electron chi connectivity index (χ0n) is 8.47. The molecule has 1 rings (SSSR count). The maximum absolute atomic E-state index is 11.5. The highest BCUT2D eigenvalue weighted by Crippen LogP contribution is 2.11. The first-order chi connectivity index (χ1) is 7.11. The summed E-state index contributed by atoms with van der Waals surface area (Å²) in [6, 6.07) is 7.49. The Morgan fingerprint density at radius 3 is 2.93 bits per heavy atom. The molecule has 1 aromatic rings. The largest absolute Gasteiger partial charge is 0.353 e. The van der Waals surface area contributed by atoms with Gasteiger partial charge in [0.05, 0.1) is 6.42 Å². The standard InChI is InChI=1S/C11H13BrClNO/c1-8(7-12)14-11(15)6-9-3-2-4-10(13)5-9/h2-5,8H,6-7H2,1H3,(H,14,15). The summed E-state index contributed by atoms with van der Waals surface area (Å²) >= 11 is 9.13. The van der Waals surface area contributed by atoms with Crippen LogP contribution in [0.15, 0.2) is 24.3 Å². The lowest BCUT2D eigenvalue weighted by atomic mass is 10.1. The molecule has 0 radical (unpaired) electrons. The summed E-state index contributed by atoms with van der Waals surface area (Å²) in [5, 5.41) is 4.29. The second-order valence-electron chi connectivity index (χ2n) is 3.43. The zero-order valence-corrected chi connectivity index (χ0v) is 10.8. The van der Waals surface area contributed by atoms with Crippen LogP contribution in [0.5, 0.6) is 0 Å². The number of benzene rings is 1. The van der Waals surface area contributed by atoms with E-state index in [1.807, 2.05) is 19.1 Å². The highest BCUT2D eigenvalue weighted by Gasteiger charge is 2.06. The highest BCUT2D eigenvalue weighted by atomic mass is 79.9. The minimum absolute atomic E-state index is 0.0178. The third kappa shape index (κ3) is 4.67. The monoisotopic (exact) mass is 289 g/mol. The van der Waals surface area contributed by atoms with Crippen molar-refractivity contribution in [2.24, 2.45) is 0 Å². The lowest BCUT2D eigenvalue weighted by Gasteiger charge is -2.10. The Labute approximate surface area is 103 Å². The van der Waals surface area contributed by atoms with Crippen LogP contribution in [0.4, 0.5) is 0 Å². The molecule has 0 aliphatic heterocycles. The van der Waals surface area contributed by atoms with Gasteiger partial charge < -0.3 is 5.32 Å². The fourth-order valence-electron chi connectivity index (χ4n) is 1.20. The molecule has 4 heteroatoms. The van der Waals surface area contributed by atoms with E-state index in [0.717, 1.165) is 10.9 Å². The van der Waals surface area contributed by atoms with Crippen molar-refractivity contribution in [3.8, 4) is 0 Å². The molecular formula is C11H13BrClNO. The van der Waals surface area contributed by atoms with Crippen LogP contribution in [0, 0.1) is 0 Å². The van der Waals surface area contributed by atoms with Gasteiger partial charge in [0, 0.05) is 16.4 Å². The van der Waals surface area contributed by atoms with Gasteiger partial charge in [-0.2, -0.15) is 0 Å². The predicted molar refractivity (Wildman–Crippen MR) is 66.6 cm³/mol. The van der Waals surface area contributed by atoms with E-state index >= 15 is 0 Å². The van der Waals surface area contributed by atoms with Crippen molar-refractivity contribution >= 4 is 33.4 Å². The van der Waals surface area contributed by atoms with Gasteiger partial charge in [0.2, 0.25) is 5.91 Å². The molecule has 0 bridgehead atoms. The fourth-order valence-corrected chi connectivity index (χ4v) is 1.57. The molecule has 1 N–H and O–H groups in total. The predicted octanol–water partition coefficient (Wildman–Crippen LogP) is 2.78. The van der Waals surface area contributed by atoms with Crippen molar-refractivity contribution in [2.75, 3.05) is 5.33 Å². The van der Waals surface area contributed by atoms with Crippen LogP contribution >= 0.6 is 27.5 Å². The number of rotatable bonds is 4. The highest BCUT2D eigenvalue weighted by molar-refractivity contribution is 9.09. The second kappa shape index (κ2) is 6.13. The first-order valence-electron chi connectivity index (χ1n) is 4.71. The summed E-state index contributed by atoms with van der Waals surface area (Å²) < 4.78 is 0. The average Bonchev–Trinajstić information content (AvgIpc) is 2.17. The SMILES string of the molecule is CC(CBr)NC(=O)Cc1cccc(Cl)c1. The van der Waals surface area contributed by atoms with E-state index in [-0.39, 0.29) is 11.9 Å². The molecule has 1 unspecified atom stereocenters. The summed E-state index contributed by atoms with van der Waals surface area (Å²) in [6.45, 7) is 1.95. The summed E-state index contributed by atoms with van der Waals surface area (Å²) in [5.41, 5.74) is 0.932. The number of hydrogen-bond acceptors (Lipinski definition) is 1. The van der Waals surface area contributed by atoms with Gasteiger partial charge in [0.15, 0.2) is 0 Å². The molecule has 0 saturated carbocycles. The molecule has 0 fully saturated rings. The Morgan fingerprint density at radius 1 is 1.60 bits per heavy atom. The van der Waals surface area contributed by atoms with Crippen molar-refractivity contribution < 1.29 is 4.79 Å². The van der Waals surface area contributed by atoms with Crippen molar-refractivity contribution in [3.63, 3.8) is 0 Å². The maximum atomic E-state index is 11.5. The lowest BCUT2D eigenvalue weighted by Crippen LogP contribution is -2.34. The minimum Gasteiger partial charge on any atom is -0.353 e. The molecule has 0 saturated heterocycles. The van der Waals surface area contributed by atoms with E-state index < -0.39 is 0 Å². The van der Waals surface area contributed by atoms with Gasteiger partial charge in [-0.1, -0.05) is 39.7 Å². The van der Waals surface area contributed by atoms with Crippen LogP contribution in [-0.4, -0.2) is 17.3 Å². The molecule has 0 aliphatic rings. The van der Waals surface area contributed by atoms with Crippen LogP contribution in [0.1, 0.15) is 12.5 Å². The maximum Gasteiger partial charge on any atom is 0.224 e. The Hall–Kier alpha value is -0.540. The number of amides is 1. The molecule has 82 valence electrons. The Kier molecular flexibility index (Phi) is 5.12. The van der Waals surface area contributed by atoms with Gasteiger partial charge >= 0.3 is 0 Å². The van der Waals surface area contributed by atoms with Gasteiger partial charge in [0.1, 0.15) is 0 Å². The molecule has 1 amide bonds. The van der Waals surface area contributed by atoms with E-state index in [2.05, 4.69) is 21.2 Å². The summed E-state index contributed by atoms with van der Waals surface area (Å²) in [6.07, 6.45) is 0.373. The number of hydrogen-bond donors (Lipinski definition) is 1. The van der Waals surface area contributed by atoms with Crippen LogP contribution < -0.4 is 5.32 Å². The van der Waals surface area contributed by atoms with Crippen molar-refractivity contribution in [1.82, 2.24) is 5.32 Å². The normalized spacial score (nSPS) is 12.2. The van der Waals surface area contributed by atoms with Gasteiger partial charge in [-0.05, 0) is 24.6 Å². The molecule has 1 aromatic carbocycles. The van der Waals surface area contributed by atoms with Crippen molar-refractivity contribution in [1.29, 1.82) is 0 Å². The van der Waals surface area contributed by atoms with Crippen LogP contribution in [-0.2, 0) is 11.2 Å². The Balaban J connectivity index is 2.51. The Morgan fingerprint density at radius 2 is 2.33 bits per heavy atom. The quantitative estimate of drug-likeness (QED) is 0.849. The summed E-state index contributed by atoms with van der Waals surface area (Å²) in [7, 11) is 0. The molecule has 0 heterocycles. The minimum atomic E-state index is 0.0178. The van der Waals surface area contributed by atoms with Crippen molar-refractivity contribution in [2.45, 2.75) is 19.4 Å². The van der Waals surface area contributed by atoms with E-state index in [9.17, 15) is 4.79 Å². The molecule has 0 spiro atoms. The first-order valence-corrected chi connectivity index (χ1v) is 6.21. The van der Waals surface area contributed by atoms with E-state index in [4.69, 9.17) is 11.6 Å². The van der Waals surface area contributed by atoms with E-state index in [1.165, 1.54) is 0 Å². The number of alkyl halides is 1. The van der Waals surface area contributed by atoms with Gasteiger partial charge in [-0.3, -0.25) is 4.79 Å². The van der Waals surface area contributed by atoms with Gasteiger partial charge in [-0.25, -0.2) is 0 Å². The first kappa shape index (κ1) is 12.5. The number of carbonyl (C=O) groups is 1. The number of nitrogens with one attached hydrogen (secondary N) is 1. The van der Waals surface area contributed by atoms with Crippen molar-refractivity contribution in [3.05, 3.63) is 34.9 Å². The molecular weight excluding hydrogens is 277 g/mol. The second-order valence-corrected chi connectivity index (χ2v) is 4.51. The van der Waals surface area contributed by atoms with E-state index in [0.29, 0.717) is 11.4 Å². The zero-order chi connectivity index (χ0) is 11.3. The molecule has 0 aliphatic carbocycles. The summed E-state index contributed by atoms with van der Waals surface area (Å²) in [5.74, 6) is 0.0178. The topological polar surface area (TPSA) is 29.1 Å². The van der Waals surface area contributed by atoms with Crippen LogP contribution in [0.3, 0.4) is 0 Å². The third-order valence-electron chi connectivity index (χ3n) is 1.89. The van der Waals surface area contributed by atoms with Gasteiger partial charge in [-0.15, -0.1) is 0 Å². The third-order valence-corrected chi connectivity index (χ3v) is 3.10. The van der Waals surface area contributed by atoms with E-state index in [1.54, 1.807) is 12.1 Å². The molecule has 1 atom stereocenters. The lowest BCUT2D eigenvalue weighted by molar-refractivity contribution is -0.120. The number of halogens is 2. The van der Waals surface area contributed by atoms with Crippen LogP contribution in [0.2, 0.25) is 5.02 Å². The summed E-state index contributed by atoms with van der Waals surface area (Å²) in [4.78, 5) is 11.5. The van der Waals surface area contributed by atoms with Crippen LogP contribution in [0.25, 0.3) is 0 Å². The molecule has 15 heavy (non-hydrogen) atoms. The number of carbonyl (C=O) groups excluding carboxylic acids is 1.